The van der Waals surface area contributed by atoms with Crippen LogP contribution in [0.3, 0.4) is 0 Å². The van der Waals surface area contributed by atoms with Crippen LogP contribution in [0.4, 0.5) is 9.93 Å². The zero-order valence-corrected chi connectivity index (χ0v) is 14.4. The SMILES string of the molecule is CCc1cnc(NC(=O)N2C[C@@H]3C[C@H](C2)c2cccc(=O)n2C3)s1. The third-order valence-electron chi connectivity index (χ3n) is 4.88. The van der Waals surface area contributed by atoms with Crippen LogP contribution in [0, 0.1) is 5.92 Å². The van der Waals surface area contributed by atoms with Crippen molar-refractivity contribution in [3.8, 4) is 0 Å². The molecule has 0 aromatic carbocycles. The molecule has 0 radical (unpaired) electrons. The topological polar surface area (TPSA) is 67.2 Å². The van der Waals surface area contributed by atoms with Gasteiger partial charge >= 0.3 is 6.03 Å². The summed E-state index contributed by atoms with van der Waals surface area (Å²) in [5.41, 5.74) is 1.12. The predicted molar refractivity (Wildman–Crippen MR) is 93.6 cm³/mol. The summed E-state index contributed by atoms with van der Waals surface area (Å²) >= 11 is 1.52. The van der Waals surface area contributed by atoms with Crippen molar-refractivity contribution in [1.82, 2.24) is 14.5 Å². The molecule has 126 valence electrons. The van der Waals surface area contributed by atoms with Gasteiger partial charge in [0.25, 0.3) is 5.56 Å². The number of nitrogens with one attached hydrogen (secondary N) is 1. The Balaban J connectivity index is 1.51. The zero-order valence-electron chi connectivity index (χ0n) is 13.6. The van der Waals surface area contributed by atoms with Crippen molar-refractivity contribution in [2.24, 2.45) is 5.92 Å². The molecule has 4 rings (SSSR count). The van der Waals surface area contributed by atoms with Crippen molar-refractivity contribution in [3.63, 3.8) is 0 Å². The number of aryl methyl sites for hydroxylation is 1. The Morgan fingerprint density at radius 1 is 1.38 bits per heavy atom. The number of urea groups is 1. The van der Waals surface area contributed by atoms with Gasteiger partial charge in [0.2, 0.25) is 0 Å². The van der Waals surface area contributed by atoms with Crippen LogP contribution in [0.5, 0.6) is 0 Å². The first kappa shape index (κ1) is 15.4. The van der Waals surface area contributed by atoms with Crippen LogP contribution in [0.1, 0.15) is 29.8 Å². The number of fused-ring (bicyclic) bond motifs is 4. The smallest absolute Gasteiger partial charge is 0.323 e. The van der Waals surface area contributed by atoms with Crippen LogP contribution < -0.4 is 10.9 Å². The van der Waals surface area contributed by atoms with Crippen molar-refractivity contribution in [3.05, 3.63) is 45.3 Å². The molecule has 2 aliphatic heterocycles. The maximum Gasteiger partial charge on any atom is 0.323 e. The van der Waals surface area contributed by atoms with E-state index in [0.717, 1.165) is 23.4 Å². The van der Waals surface area contributed by atoms with E-state index >= 15 is 0 Å². The molecule has 7 heteroatoms. The Bertz CT molecular complexity index is 828. The molecule has 2 aliphatic rings. The number of hydrogen-bond donors (Lipinski definition) is 1. The summed E-state index contributed by atoms with van der Waals surface area (Å²) in [7, 11) is 0. The van der Waals surface area contributed by atoms with Crippen molar-refractivity contribution in [1.29, 1.82) is 0 Å². The molecule has 1 N–H and O–H groups in total. The minimum Gasteiger partial charge on any atom is -0.323 e. The van der Waals surface area contributed by atoms with Crippen LogP contribution in [-0.4, -0.2) is 33.6 Å². The van der Waals surface area contributed by atoms with Crippen molar-refractivity contribution in [2.75, 3.05) is 18.4 Å². The summed E-state index contributed by atoms with van der Waals surface area (Å²) in [6, 6.07) is 5.35. The van der Waals surface area contributed by atoms with E-state index in [1.165, 1.54) is 11.3 Å². The number of piperidine rings is 1. The number of pyridine rings is 1. The number of likely N-dealkylation sites (tertiary alicyclic amines) is 1. The van der Waals surface area contributed by atoms with Gasteiger partial charge in [0.05, 0.1) is 0 Å². The first-order chi connectivity index (χ1) is 11.6. The van der Waals surface area contributed by atoms with Crippen molar-refractivity contribution >= 4 is 22.5 Å². The van der Waals surface area contributed by atoms with Crippen LogP contribution in [0.15, 0.2) is 29.2 Å². The third-order valence-corrected chi connectivity index (χ3v) is 5.94. The second kappa shape index (κ2) is 6.05. The van der Waals surface area contributed by atoms with Crippen molar-refractivity contribution < 1.29 is 4.79 Å². The molecular weight excluding hydrogens is 324 g/mol. The number of rotatable bonds is 2. The minimum absolute atomic E-state index is 0.0648. The molecular formula is C17H20N4O2S. The summed E-state index contributed by atoms with van der Waals surface area (Å²) in [6.07, 6.45) is 3.78. The Hall–Kier alpha value is -2.15. The van der Waals surface area contributed by atoms with Gasteiger partial charge in [0.15, 0.2) is 5.13 Å². The van der Waals surface area contributed by atoms with E-state index in [1.807, 2.05) is 27.8 Å². The first-order valence-electron chi connectivity index (χ1n) is 8.34. The lowest BCUT2D eigenvalue weighted by Gasteiger charge is -2.42. The second-order valence-corrected chi connectivity index (χ2v) is 7.63. The molecule has 2 aromatic heterocycles. The number of aromatic nitrogens is 2. The van der Waals surface area contributed by atoms with Crippen LogP contribution >= 0.6 is 11.3 Å². The normalized spacial score (nSPS) is 22.1. The molecule has 1 fully saturated rings. The number of carbonyl (C=O) groups is 1. The number of carbonyl (C=O) groups excluding carboxylic acids is 1. The average molecular weight is 344 g/mol. The fraction of sp³-hybridized carbons (Fsp3) is 0.471. The highest BCUT2D eigenvalue weighted by Gasteiger charge is 2.36. The Morgan fingerprint density at radius 3 is 3.04 bits per heavy atom. The van der Waals surface area contributed by atoms with Gasteiger partial charge in [-0.2, -0.15) is 0 Å². The van der Waals surface area contributed by atoms with Gasteiger partial charge in [-0.15, -0.1) is 11.3 Å². The largest absolute Gasteiger partial charge is 0.323 e. The van der Waals surface area contributed by atoms with Gasteiger partial charge in [0.1, 0.15) is 0 Å². The highest BCUT2D eigenvalue weighted by atomic mass is 32.1. The third kappa shape index (κ3) is 2.73. The summed E-state index contributed by atoms with van der Waals surface area (Å²) in [5, 5.41) is 3.57. The van der Waals surface area contributed by atoms with Crippen LogP contribution in [-0.2, 0) is 13.0 Å². The Labute approximate surface area is 144 Å². The van der Waals surface area contributed by atoms with Gasteiger partial charge in [-0.25, -0.2) is 9.78 Å². The molecule has 0 saturated carbocycles. The van der Waals surface area contributed by atoms with E-state index in [9.17, 15) is 9.59 Å². The Morgan fingerprint density at radius 2 is 2.25 bits per heavy atom. The van der Waals surface area contributed by atoms with Gasteiger partial charge < -0.3 is 9.47 Å². The average Bonchev–Trinajstić information content (AvgIpc) is 3.03. The van der Waals surface area contributed by atoms with Gasteiger partial charge in [0, 0.05) is 48.4 Å². The van der Waals surface area contributed by atoms with E-state index in [2.05, 4.69) is 17.2 Å². The molecule has 0 aliphatic carbocycles. The van der Waals surface area contributed by atoms with E-state index in [-0.39, 0.29) is 17.5 Å². The summed E-state index contributed by atoms with van der Waals surface area (Å²) in [5.74, 6) is 0.573. The molecule has 2 aromatic rings. The lowest BCUT2D eigenvalue weighted by Crippen LogP contribution is -2.50. The van der Waals surface area contributed by atoms with Crippen LogP contribution in [0.2, 0.25) is 0 Å². The number of amides is 2. The zero-order chi connectivity index (χ0) is 16.7. The maximum absolute atomic E-state index is 12.6. The van der Waals surface area contributed by atoms with E-state index < -0.39 is 0 Å². The van der Waals surface area contributed by atoms with Gasteiger partial charge in [-0.05, 0) is 24.8 Å². The molecule has 24 heavy (non-hydrogen) atoms. The lowest BCUT2D eigenvalue weighted by molar-refractivity contribution is 0.139. The summed E-state index contributed by atoms with van der Waals surface area (Å²) < 4.78 is 1.88. The number of thiazole rings is 1. The van der Waals surface area contributed by atoms with Gasteiger partial charge in [-0.3, -0.25) is 10.1 Å². The van der Waals surface area contributed by atoms with Crippen molar-refractivity contribution in [2.45, 2.75) is 32.2 Å². The van der Waals surface area contributed by atoms with E-state index in [1.54, 1.807) is 6.07 Å². The summed E-state index contributed by atoms with van der Waals surface area (Å²) in [6.45, 7) is 4.11. The molecule has 2 bridgehead atoms. The molecule has 0 spiro atoms. The predicted octanol–water partition coefficient (Wildman–Crippen LogP) is 2.52. The van der Waals surface area contributed by atoms with E-state index in [0.29, 0.717) is 30.7 Å². The fourth-order valence-corrected chi connectivity index (χ4v) is 4.50. The molecule has 4 heterocycles. The van der Waals surface area contributed by atoms with E-state index in [4.69, 9.17) is 0 Å². The van der Waals surface area contributed by atoms with Crippen LogP contribution in [0.25, 0.3) is 0 Å². The molecule has 2 amide bonds. The fourth-order valence-electron chi connectivity index (χ4n) is 3.76. The van der Waals surface area contributed by atoms with Gasteiger partial charge in [-0.1, -0.05) is 13.0 Å². The lowest BCUT2D eigenvalue weighted by atomic mass is 9.83. The standard InChI is InChI=1S/C17H20N4O2S/c1-2-13-7-18-16(24-13)19-17(23)20-8-11-6-12(10-20)14-4-3-5-15(22)21(14)9-11/h3-5,7,11-12H,2,6,8-10H2,1H3,(H,18,19,23)/t11-,12+/m0/s1. The minimum atomic E-state index is -0.0894. The summed E-state index contributed by atoms with van der Waals surface area (Å²) in [4.78, 5) is 31.9. The highest BCUT2D eigenvalue weighted by Crippen LogP contribution is 2.35. The number of nitrogens with zero attached hydrogens (tertiary/aromatic N) is 3. The molecule has 1 saturated heterocycles. The monoisotopic (exact) mass is 344 g/mol. The highest BCUT2D eigenvalue weighted by molar-refractivity contribution is 7.15. The molecule has 6 nitrogen and oxygen atoms in total. The second-order valence-electron chi connectivity index (χ2n) is 6.52. The maximum atomic E-state index is 12.6. The molecule has 2 atom stereocenters. The number of anilines is 1. The Kier molecular flexibility index (Phi) is 3.88. The first-order valence-corrected chi connectivity index (χ1v) is 9.16. The quantitative estimate of drug-likeness (QED) is 0.910. The number of hydrogen-bond acceptors (Lipinski definition) is 4. The molecule has 0 unspecified atom stereocenters.